The first-order valence-corrected chi connectivity index (χ1v) is 5.54. The lowest BCUT2D eigenvalue weighted by molar-refractivity contribution is 0.448. The van der Waals surface area contributed by atoms with Crippen LogP contribution in [0.1, 0.15) is 5.56 Å². The summed E-state index contributed by atoms with van der Waals surface area (Å²) < 4.78 is 39.0. The smallest absolute Gasteiger partial charge is 0.194 e. The van der Waals surface area contributed by atoms with E-state index < -0.39 is 17.5 Å². The lowest BCUT2D eigenvalue weighted by atomic mass is 10.0. The first-order chi connectivity index (χ1) is 8.52. The van der Waals surface area contributed by atoms with Gasteiger partial charge in [-0.1, -0.05) is 23.7 Å². The summed E-state index contributed by atoms with van der Waals surface area (Å²) in [7, 11) is 0. The summed E-state index contributed by atoms with van der Waals surface area (Å²) in [4.78, 5) is 0. The van der Waals surface area contributed by atoms with Crippen LogP contribution in [0.4, 0.5) is 13.2 Å². The van der Waals surface area contributed by atoms with Gasteiger partial charge in [0.05, 0.1) is 0 Å². The summed E-state index contributed by atoms with van der Waals surface area (Å²) in [5.41, 5.74) is 6.89. The lowest BCUT2D eigenvalue weighted by Gasteiger charge is -2.07. The van der Waals surface area contributed by atoms with Gasteiger partial charge in [0.25, 0.3) is 0 Å². The third kappa shape index (κ3) is 2.35. The molecule has 0 radical (unpaired) electrons. The average molecular weight is 272 g/mol. The highest BCUT2D eigenvalue weighted by atomic mass is 35.5. The number of nitrogens with two attached hydrogens (primary N) is 1. The van der Waals surface area contributed by atoms with Crippen molar-refractivity contribution in [1.82, 2.24) is 0 Å². The van der Waals surface area contributed by atoms with E-state index in [1.54, 1.807) is 12.1 Å². The van der Waals surface area contributed by atoms with Crippen molar-refractivity contribution in [2.45, 2.75) is 6.54 Å². The molecule has 18 heavy (non-hydrogen) atoms. The van der Waals surface area contributed by atoms with Crippen molar-refractivity contribution in [1.29, 1.82) is 0 Å². The molecule has 0 fully saturated rings. The minimum Gasteiger partial charge on any atom is -0.326 e. The summed E-state index contributed by atoms with van der Waals surface area (Å²) in [5, 5.41) is 0.403. The number of hydrogen-bond acceptors (Lipinski definition) is 1. The van der Waals surface area contributed by atoms with E-state index in [4.69, 9.17) is 17.3 Å². The minimum absolute atomic E-state index is 0.219. The summed E-state index contributed by atoms with van der Waals surface area (Å²) in [6.07, 6.45) is 0. The topological polar surface area (TPSA) is 26.0 Å². The van der Waals surface area contributed by atoms with Gasteiger partial charge in [-0.05, 0) is 34.9 Å². The van der Waals surface area contributed by atoms with Crippen LogP contribution in [-0.4, -0.2) is 0 Å². The average Bonchev–Trinajstić information content (AvgIpc) is 2.35. The number of hydrogen-bond donors (Lipinski definition) is 1. The summed E-state index contributed by atoms with van der Waals surface area (Å²) in [6, 6.07) is 6.67. The monoisotopic (exact) mass is 271 g/mol. The quantitative estimate of drug-likeness (QED) is 0.824. The van der Waals surface area contributed by atoms with Gasteiger partial charge in [0, 0.05) is 11.6 Å². The Hall–Kier alpha value is -1.52. The van der Waals surface area contributed by atoms with Crippen molar-refractivity contribution >= 4 is 11.6 Å². The molecule has 94 valence electrons. The van der Waals surface area contributed by atoms with Crippen molar-refractivity contribution in [3.63, 3.8) is 0 Å². The second-order valence-electron chi connectivity index (χ2n) is 3.76. The van der Waals surface area contributed by atoms with Crippen LogP contribution in [0.5, 0.6) is 0 Å². The maximum Gasteiger partial charge on any atom is 0.194 e. The highest BCUT2D eigenvalue weighted by molar-refractivity contribution is 6.31. The van der Waals surface area contributed by atoms with Gasteiger partial charge in [-0.15, -0.1) is 0 Å². The second kappa shape index (κ2) is 5.00. The molecule has 0 saturated carbocycles. The Morgan fingerprint density at radius 1 is 0.944 bits per heavy atom. The van der Waals surface area contributed by atoms with Crippen molar-refractivity contribution in [3.8, 4) is 11.1 Å². The minimum atomic E-state index is -1.48. The van der Waals surface area contributed by atoms with Gasteiger partial charge >= 0.3 is 0 Å². The first kappa shape index (κ1) is 12.9. The summed E-state index contributed by atoms with van der Waals surface area (Å²) >= 11 is 5.95. The van der Waals surface area contributed by atoms with E-state index in [9.17, 15) is 13.2 Å². The van der Waals surface area contributed by atoms with Gasteiger partial charge < -0.3 is 5.73 Å². The van der Waals surface area contributed by atoms with Crippen LogP contribution < -0.4 is 5.73 Å². The largest absolute Gasteiger partial charge is 0.326 e. The first-order valence-electron chi connectivity index (χ1n) is 5.16. The zero-order valence-electron chi connectivity index (χ0n) is 9.18. The Bertz CT molecular complexity index is 576. The fourth-order valence-corrected chi connectivity index (χ4v) is 1.87. The molecule has 2 aromatic carbocycles. The molecular formula is C13H9ClF3N. The molecule has 0 saturated heterocycles. The van der Waals surface area contributed by atoms with Crippen LogP contribution in [0.25, 0.3) is 11.1 Å². The molecule has 2 rings (SSSR count). The van der Waals surface area contributed by atoms with Crippen LogP contribution in [-0.2, 0) is 6.54 Å². The van der Waals surface area contributed by atoms with E-state index >= 15 is 0 Å². The normalized spacial score (nSPS) is 10.7. The zero-order chi connectivity index (χ0) is 13.3. The van der Waals surface area contributed by atoms with E-state index in [1.807, 2.05) is 0 Å². The molecule has 2 N–H and O–H groups in total. The van der Waals surface area contributed by atoms with Crippen LogP contribution in [0.15, 0.2) is 30.3 Å². The van der Waals surface area contributed by atoms with E-state index in [0.29, 0.717) is 10.6 Å². The molecule has 2 aromatic rings. The number of benzene rings is 2. The van der Waals surface area contributed by atoms with Crippen LogP contribution >= 0.6 is 11.6 Å². The molecule has 5 heteroatoms. The summed E-state index contributed by atoms with van der Waals surface area (Å²) in [6.45, 7) is 0.269. The van der Waals surface area contributed by atoms with Crippen molar-refractivity contribution in [2.24, 2.45) is 5.73 Å². The van der Waals surface area contributed by atoms with Gasteiger partial charge in [-0.3, -0.25) is 0 Å². The van der Waals surface area contributed by atoms with Crippen LogP contribution in [0, 0.1) is 17.5 Å². The molecule has 0 unspecified atom stereocenters. The molecule has 0 aliphatic carbocycles. The predicted molar refractivity (Wildman–Crippen MR) is 64.7 cm³/mol. The maximum absolute atomic E-state index is 13.1. The van der Waals surface area contributed by atoms with Gasteiger partial charge in [0.1, 0.15) is 0 Å². The zero-order valence-corrected chi connectivity index (χ0v) is 9.94. The second-order valence-corrected chi connectivity index (χ2v) is 4.17. The third-order valence-electron chi connectivity index (χ3n) is 2.59. The Kier molecular flexibility index (Phi) is 3.59. The Balaban J connectivity index is 2.52. The van der Waals surface area contributed by atoms with Crippen LogP contribution in [0.2, 0.25) is 5.02 Å². The highest BCUT2D eigenvalue weighted by Gasteiger charge is 2.12. The van der Waals surface area contributed by atoms with Gasteiger partial charge in [0.15, 0.2) is 17.5 Å². The lowest BCUT2D eigenvalue weighted by Crippen LogP contribution is -1.97. The molecule has 0 atom stereocenters. The molecule has 0 amide bonds. The molecule has 0 aromatic heterocycles. The summed E-state index contributed by atoms with van der Waals surface area (Å²) in [5.74, 6) is -3.95. The Labute approximate surface area is 107 Å². The number of rotatable bonds is 2. The molecule has 0 spiro atoms. The van der Waals surface area contributed by atoms with Crippen molar-refractivity contribution < 1.29 is 13.2 Å². The number of halogens is 4. The van der Waals surface area contributed by atoms with Crippen molar-refractivity contribution in [2.75, 3.05) is 0 Å². The van der Waals surface area contributed by atoms with Crippen LogP contribution in [0.3, 0.4) is 0 Å². The van der Waals surface area contributed by atoms with Crippen molar-refractivity contribution in [3.05, 3.63) is 58.4 Å². The van der Waals surface area contributed by atoms with Gasteiger partial charge in [-0.2, -0.15) is 0 Å². The van der Waals surface area contributed by atoms with Gasteiger partial charge in [-0.25, -0.2) is 13.2 Å². The standard InChI is InChI=1S/C13H9ClF3N/c14-10-3-7(1-2-8(10)6-18)9-4-11(15)13(17)12(16)5-9/h1-5H,6,18H2. The fourth-order valence-electron chi connectivity index (χ4n) is 1.61. The molecular weight excluding hydrogens is 263 g/mol. The molecule has 1 nitrogen and oxygen atoms in total. The SMILES string of the molecule is NCc1ccc(-c2cc(F)c(F)c(F)c2)cc1Cl. The predicted octanol–water partition coefficient (Wildman–Crippen LogP) is 3.88. The maximum atomic E-state index is 13.1. The van der Waals surface area contributed by atoms with E-state index in [2.05, 4.69) is 0 Å². The van der Waals surface area contributed by atoms with E-state index in [-0.39, 0.29) is 12.1 Å². The highest BCUT2D eigenvalue weighted by Crippen LogP contribution is 2.27. The third-order valence-corrected chi connectivity index (χ3v) is 2.94. The van der Waals surface area contributed by atoms with E-state index in [1.165, 1.54) is 6.07 Å². The molecule has 0 heterocycles. The Morgan fingerprint density at radius 3 is 2.06 bits per heavy atom. The molecule has 0 aliphatic rings. The molecule has 0 aliphatic heterocycles. The van der Waals surface area contributed by atoms with Gasteiger partial charge in [0.2, 0.25) is 0 Å². The fraction of sp³-hybridized carbons (Fsp3) is 0.0769. The van der Waals surface area contributed by atoms with E-state index in [0.717, 1.165) is 17.7 Å². The molecule has 0 bridgehead atoms. The Morgan fingerprint density at radius 2 is 1.56 bits per heavy atom.